The van der Waals surface area contributed by atoms with Gasteiger partial charge in [-0.15, -0.1) is 0 Å². The highest BCUT2D eigenvalue weighted by molar-refractivity contribution is 7.90. The van der Waals surface area contributed by atoms with E-state index in [1.807, 2.05) is 0 Å². The Hall–Kier alpha value is -2.67. The van der Waals surface area contributed by atoms with Crippen molar-refractivity contribution < 1.29 is 26.4 Å². The highest BCUT2D eigenvalue weighted by Crippen LogP contribution is 2.44. The summed E-state index contributed by atoms with van der Waals surface area (Å²) in [6.45, 7) is 1.53. The van der Waals surface area contributed by atoms with E-state index < -0.39 is 37.5 Å². The van der Waals surface area contributed by atoms with Crippen LogP contribution in [0.3, 0.4) is 0 Å². The molecule has 154 valence electrons. The van der Waals surface area contributed by atoms with Crippen LogP contribution in [0.25, 0.3) is 0 Å². The lowest BCUT2D eigenvalue weighted by atomic mass is 10.1. The molecule has 6 N–H and O–H groups in total. The summed E-state index contributed by atoms with van der Waals surface area (Å²) in [6, 6.07) is 4.60. The number of fused-ring (bicyclic) bond motifs is 2. The van der Waals surface area contributed by atoms with Crippen molar-refractivity contribution in [3.8, 4) is 11.5 Å². The standard InChI is InChI=1S/C16H15ClN4O6S2/c1-7-2-8(15(22)21-16(18)19)4-12-13(7)27-14-9(6-28(12,23)24)3-10(5-11(14)17)29(20,25)26/h2-5H,6H2,1H3,(H2,20,25,26)(H4,18,19,21,22). The molecule has 13 heteroatoms. The number of nitrogens with two attached hydrogens (primary N) is 3. The summed E-state index contributed by atoms with van der Waals surface area (Å²) in [5.41, 5.74) is 10.6. The van der Waals surface area contributed by atoms with Gasteiger partial charge in [-0.2, -0.15) is 4.99 Å². The summed E-state index contributed by atoms with van der Waals surface area (Å²) in [4.78, 5) is 14.9. The lowest BCUT2D eigenvalue weighted by Crippen LogP contribution is -2.24. The highest BCUT2D eigenvalue weighted by atomic mass is 35.5. The van der Waals surface area contributed by atoms with Gasteiger partial charge in [0, 0.05) is 11.1 Å². The van der Waals surface area contributed by atoms with E-state index in [0.29, 0.717) is 5.56 Å². The first kappa shape index (κ1) is 21.0. The van der Waals surface area contributed by atoms with E-state index in [4.69, 9.17) is 32.9 Å². The third-order valence-electron chi connectivity index (χ3n) is 4.03. The second-order valence-corrected chi connectivity index (χ2v) is 10.2. The summed E-state index contributed by atoms with van der Waals surface area (Å²) in [7, 11) is -8.19. The van der Waals surface area contributed by atoms with Gasteiger partial charge in [0.25, 0.3) is 5.91 Å². The van der Waals surface area contributed by atoms with E-state index in [-0.39, 0.29) is 37.4 Å². The predicted octanol–water partition coefficient (Wildman–Crippen LogP) is 0.789. The zero-order chi connectivity index (χ0) is 21.7. The third-order valence-corrected chi connectivity index (χ3v) is 6.86. The zero-order valence-electron chi connectivity index (χ0n) is 14.8. The molecule has 29 heavy (non-hydrogen) atoms. The SMILES string of the molecule is Cc1cc(C(=O)N=C(N)N)cc2c1Oc1c(Cl)cc(S(N)(=O)=O)cc1CS2(=O)=O. The van der Waals surface area contributed by atoms with E-state index >= 15 is 0 Å². The first-order valence-corrected chi connectivity index (χ1v) is 11.4. The number of carbonyl (C=O) groups is 1. The summed E-state index contributed by atoms with van der Waals surface area (Å²) >= 11 is 6.14. The van der Waals surface area contributed by atoms with E-state index in [1.165, 1.54) is 13.0 Å². The topological polar surface area (TPSA) is 185 Å². The van der Waals surface area contributed by atoms with Crippen molar-refractivity contribution in [1.82, 2.24) is 0 Å². The fourth-order valence-corrected chi connectivity index (χ4v) is 5.30. The van der Waals surface area contributed by atoms with Gasteiger partial charge < -0.3 is 16.2 Å². The number of hydrogen-bond acceptors (Lipinski definition) is 6. The van der Waals surface area contributed by atoms with Crippen molar-refractivity contribution in [3.05, 3.63) is 46.0 Å². The molecule has 0 bridgehead atoms. The van der Waals surface area contributed by atoms with Crippen LogP contribution in [0.4, 0.5) is 0 Å². The third kappa shape index (κ3) is 4.05. The van der Waals surface area contributed by atoms with Gasteiger partial charge in [0.05, 0.1) is 15.7 Å². The number of nitrogens with zero attached hydrogens (tertiary/aromatic N) is 1. The first-order chi connectivity index (χ1) is 13.3. The van der Waals surface area contributed by atoms with Gasteiger partial charge in [-0.1, -0.05) is 11.6 Å². The summed E-state index contributed by atoms with van der Waals surface area (Å²) in [6.07, 6.45) is 0. The minimum atomic E-state index is -4.13. The van der Waals surface area contributed by atoms with Crippen molar-refractivity contribution >= 4 is 43.3 Å². The Kier molecular flexibility index (Phi) is 5.07. The van der Waals surface area contributed by atoms with Crippen molar-refractivity contribution in [2.24, 2.45) is 21.6 Å². The molecule has 1 amide bonds. The quantitative estimate of drug-likeness (QED) is 0.435. The van der Waals surface area contributed by atoms with E-state index in [9.17, 15) is 21.6 Å². The Balaban J connectivity index is 2.25. The number of benzene rings is 2. The van der Waals surface area contributed by atoms with Crippen LogP contribution in [-0.4, -0.2) is 28.7 Å². The largest absolute Gasteiger partial charge is 0.454 e. The Bertz CT molecular complexity index is 1300. The molecule has 0 fully saturated rings. The number of sulfonamides is 1. The molecule has 1 aliphatic rings. The molecule has 1 heterocycles. The number of hydrogen-bond donors (Lipinski definition) is 3. The molecular formula is C16H15ClN4O6S2. The molecule has 2 aromatic carbocycles. The molecule has 1 aliphatic heterocycles. The number of carbonyl (C=O) groups excluding carboxylic acids is 1. The number of halogens is 1. The monoisotopic (exact) mass is 458 g/mol. The second kappa shape index (κ2) is 6.99. The lowest BCUT2D eigenvalue weighted by Gasteiger charge is -2.13. The molecule has 0 unspecified atom stereocenters. The van der Waals surface area contributed by atoms with Crippen molar-refractivity contribution in [2.75, 3.05) is 0 Å². The number of sulfone groups is 1. The molecule has 0 aliphatic carbocycles. The van der Waals surface area contributed by atoms with Gasteiger partial charge in [-0.3, -0.25) is 4.79 Å². The number of guanidine groups is 1. The number of amides is 1. The first-order valence-electron chi connectivity index (χ1n) is 7.84. The van der Waals surface area contributed by atoms with Crippen LogP contribution >= 0.6 is 11.6 Å². The van der Waals surface area contributed by atoms with Gasteiger partial charge in [-0.25, -0.2) is 22.0 Å². The van der Waals surface area contributed by atoms with Crippen LogP contribution in [0, 0.1) is 6.92 Å². The smallest absolute Gasteiger partial charge is 0.280 e. The highest BCUT2D eigenvalue weighted by Gasteiger charge is 2.31. The molecule has 10 nitrogen and oxygen atoms in total. The Morgan fingerprint density at radius 2 is 1.83 bits per heavy atom. The van der Waals surface area contributed by atoms with Gasteiger partial charge in [0.2, 0.25) is 10.0 Å². The van der Waals surface area contributed by atoms with Crippen LogP contribution in [0.1, 0.15) is 21.5 Å². The van der Waals surface area contributed by atoms with Crippen LogP contribution in [0.15, 0.2) is 39.0 Å². The van der Waals surface area contributed by atoms with Gasteiger partial charge in [0.1, 0.15) is 16.4 Å². The maximum Gasteiger partial charge on any atom is 0.280 e. The molecule has 3 rings (SSSR count). The normalized spacial score (nSPS) is 14.7. The van der Waals surface area contributed by atoms with Crippen molar-refractivity contribution in [1.29, 1.82) is 0 Å². The molecule has 0 saturated heterocycles. The lowest BCUT2D eigenvalue weighted by molar-refractivity contribution is 0.100. The summed E-state index contributed by atoms with van der Waals surface area (Å²) < 4.78 is 55.0. The molecule has 0 spiro atoms. The number of rotatable bonds is 2. The average molecular weight is 459 g/mol. The van der Waals surface area contributed by atoms with E-state index in [1.54, 1.807) is 0 Å². The van der Waals surface area contributed by atoms with Gasteiger partial charge >= 0.3 is 0 Å². The molecule has 0 saturated carbocycles. The number of ether oxygens (including phenoxy) is 1. The van der Waals surface area contributed by atoms with Crippen LogP contribution in [0.2, 0.25) is 5.02 Å². The molecular weight excluding hydrogens is 444 g/mol. The second-order valence-electron chi connectivity index (χ2n) is 6.26. The molecule has 0 radical (unpaired) electrons. The van der Waals surface area contributed by atoms with Crippen LogP contribution in [-0.2, 0) is 25.6 Å². The van der Waals surface area contributed by atoms with E-state index in [2.05, 4.69) is 4.99 Å². The Morgan fingerprint density at radius 1 is 1.17 bits per heavy atom. The molecule has 2 aromatic rings. The van der Waals surface area contributed by atoms with Crippen molar-refractivity contribution in [3.63, 3.8) is 0 Å². The minimum Gasteiger partial charge on any atom is -0.454 e. The summed E-state index contributed by atoms with van der Waals surface area (Å²) in [5.74, 6) is -2.00. The van der Waals surface area contributed by atoms with Crippen LogP contribution < -0.4 is 21.3 Å². The minimum absolute atomic E-state index is 0.00854. The van der Waals surface area contributed by atoms with Gasteiger partial charge in [0.15, 0.2) is 15.8 Å². The number of aryl methyl sites for hydroxylation is 1. The fraction of sp³-hybridized carbons (Fsp3) is 0.125. The number of primary sulfonamides is 1. The average Bonchev–Trinajstić information content (AvgIpc) is 2.67. The maximum absolute atomic E-state index is 13.0. The zero-order valence-corrected chi connectivity index (χ0v) is 17.2. The Morgan fingerprint density at radius 3 is 2.41 bits per heavy atom. The van der Waals surface area contributed by atoms with Crippen LogP contribution in [0.5, 0.6) is 11.5 Å². The van der Waals surface area contributed by atoms with Crippen molar-refractivity contribution in [2.45, 2.75) is 22.5 Å². The molecule has 0 aromatic heterocycles. The van der Waals surface area contributed by atoms with E-state index in [0.717, 1.165) is 18.2 Å². The fourth-order valence-electron chi connectivity index (χ4n) is 2.80. The Labute approximate surface area is 171 Å². The number of aliphatic imine (C=N–C) groups is 1. The summed E-state index contributed by atoms with van der Waals surface area (Å²) in [5, 5.41) is 4.99. The predicted molar refractivity (Wildman–Crippen MR) is 105 cm³/mol. The molecule has 0 atom stereocenters. The van der Waals surface area contributed by atoms with Gasteiger partial charge in [-0.05, 0) is 36.8 Å². The maximum atomic E-state index is 13.0.